The number of nitrogens with zero attached hydrogens (tertiary/aromatic N) is 1. The summed E-state index contributed by atoms with van der Waals surface area (Å²) in [6.07, 6.45) is 1.42. The Labute approximate surface area is 112 Å². The molecule has 0 spiro atoms. The molecule has 0 amide bonds. The Morgan fingerprint density at radius 1 is 1.21 bits per heavy atom. The predicted octanol–water partition coefficient (Wildman–Crippen LogP) is 2.36. The van der Waals surface area contributed by atoms with Crippen LogP contribution in [0, 0.1) is 11.6 Å². The molecule has 0 heterocycles. The Kier molecular flexibility index (Phi) is 5.25. The first-order valence-electron chi connectivity index (χ1n) is 6.09. The van der Waals surface area contributed by atoms with Gasteiger partial charge >= 0.3 is 0 Å². The van der Waals surface area contributed by atoms with E-state index in [1.807, 2.05) is 6.92 Å². The van der Waals surface area contributed by atoms with Crippen LogP contribution in [0.25, 0.3) is 0 Å². The average Bonchev–Trinajstić information content (AvgIpc) is 2.27. The minimum absolute atomic E-state index is 0.148. The number of benzene rings is 1. The third-order valence-corrected chi connectivity index (χ3v) is 4.76. The Morgan fingerprint density at radius 3 is 2.16 bits per heavy atom. The molecular weight excluding hydrogens is 274 g/mol. The first-order chi connectivity index (χ1) is 8.84. The summed E-state index contributed by atoms with van der Waals surface area (Å²) in [7, 11) is -4.17. The molecule has 1 aromatic rings. The van der Waals surface area contributed by atoms with Gasteiger partial charge in [-0.25, -0.2) is 17.2 Å². The van der Waals surface area contributed by atoms with E-state index in [0.717, 1.165) is 22.9 Å². The van der Waals surface area contributed by atoms with Crippen molar-refractivity contribution < 1.29 is 17.2 Å². The van der Waals surface area contributed by atoms with E-state index in [4.69, 9.17) is 5.73 Å². The molecule has 108 valence electrons. The number of sulfonamides is 1. The fourth-order valence-electron chi connectivity index (χ4n) is 1.74. The lowest BCUT2D eigenvalue weighted by Gasteiger charge is -2.21. The summed E-state index contributed by atoms with van der Waals surface area (Å²) in [6, 6.07) is 1.62. The van der Waals surface area contributed by atoms with E-state index >= 15 is 0 Å². The van der Waals surface area contributed by atoms with E-state index in [1.165, 1.54) is 0 Å². The molecule has 0 aromatic heterocycles. The van der Waals surface area contributed by atoms with E-state index in [2.05, 4.69) is 0 Å². The zero-order chi connectivity index (χ0) is 14.6. The molecule has 0 bridgehead atoms. The Balaban J connectivity index is 3.26. The van der Waals surface area contributed by atoms with Gasteiger partial charge in [-0.3, -0.25) is 0 Å². The standard InChI is InChI=1S/C12H18F2N2O2S/c1-3-5-6-16(4-2)19(17,18)12-10(13)7-9(15)8-11(12)14/h7-8H,3-6,15H2,1-2H3. The largest absolute Gasteiger partial charge is 0.399 e. The van der Waals surface area contributed by atoms with Gasteiger partial charge in [0.25, 0.3) is 0 Å². The molecule has 0 aliphatic rings. The maximum absolute atomic E-state index is 13.7. The number of hydrogen-bond donors (Lipinski definition) is 1. The van der Waals surface area contributed by atoms with Gasteiger partial charge in [0.1, 0.15) is 11.6 Å². The zero-order valence-corrected chi connectivity index (χ0v) is 11.8. The third kappa shape index (κ3) is 3.42. The van der Waals surface area contributed by atoms with Gasteiger partial charge in [0.15, 0.2) is 4.90 Å². The summed E-state index contributed by atoms with van der Waals surface area (Å²) in [5.74, 6) is -2.32. The van der Waals surface area contributed by atoms with E-state index in [1.54, 1.807) is 6.92 Å². The molecule has 0 saturated carbocycles. The topological polar surface area (TPSA) is 63.4 Å². The molecule has 0 aliphatic heterocycles. The summed E-state index contributed by atoms with van der Waals surface area (Å²) in [5, 5.41) is 0. The van der Waals surface area contributed by atoms with Crippen LogP contribution in [0.5, 0.6) is 0 Å². The third-order valence-electron chi connectivity index (χ3n) is 2.73. The highest BCUT2D eigenvalue weighted by Crippen LogP contribution is 2.25. The van der Waals surface area contributed by atoms with Crippen LogP contribution in [0.2, 0.25) is 0 Å². The normalized spacial score (nSPS) is 12.1. The van der Waals surface area contributed by atoms with Crippen molar-refractivity contribution in [2.75, 3.05) is 18.8 Å². The highest BCUT2D eigenvalue weighted by atomic mass is 32.2. The number of anilines is 1. The fourth-order valence-corrected chi connectivity index (χ4v) is 3.32. The van der Waals surface area contributed by atoms with E-state index in [9.17, 15) is 17.2 Å². The lowest BCUT2D eigenvalue weighted by Crippen LogP contribution is -2.33. The van der Waals surface area contributed by atoms with Gasteiger partial charge in [0, 0.05) is 18.8 Å². The number of rotatable bonds is 6. The molecule has 2 N–H and O–H groups in total. The molecule has 0 saturated heterocycles. The summed E-state index contributed by atoms with van der Waals surface area (Å²) in [5.41, 5.74) is 5.12. The second-order valence-corrected chi connectivity index (χ2v) is 6.04. The van der Waals surface area contributed by atoms with Gasteiger partial charge in [-0.1, -0.05) is 20.3 Å². The number of nitrogen functional groups attached to an aromatic ring is 1. The lowest BCUT2D eigenvalue weighted by atomic mass is 10.3. The molecule has 1 aromatic carbocycles. The van der Waals surface area contributed by atoms with Crippen molar-refractivity contribution in [2.24, 2.45) is 0 Å². The van der Waals surface area contributed by atoms with Crippen molar-refractivity contribution in [3.05, 3.63) is 23.8 Å². The van der Waals surface area contributed by atoms with Crippen molar-refractivity contribution in [1.82, 2.24) is 4.31 Å². The van der Waals surface area contributed by atoms with E-state index < -0.39 is 26.6 Å². The molecule has 19 heavy (non-hydrogen) atoms. The number of hydrogen-bond acceptors (Lipinski definition) is 3. The minimum Gasteiger partial charge on any atom is -0.399 e. The van der Waals surface area contributed by atoms with Crippen LogP contribution in [0.3, 0.4) is 0 Å². The highest BCUT2D eigenvalue weighted by Gasteiger charge is 2.29. The quantitative estimate of drug-likeness (QED) is 0.819. The van der Waals surface area contributed by atoms with E-state index in [0.29, 0.717) is 6.42 Å². The Hall–Kier alpha value is -1.21. The molecule has 0 atom stereocenters. The van der Waals surface area contributed by atoms with Crippen molar-refractivity contribution >= 4 is 15.7 Å². The van der Waals surface area contributed by atoms with Crippen molar-refractivity contribution in [2.45, 2.75) is 31.6 Å². The summed E-state index contributed by atoms with van der Waals surface area (Å²) >= 11 is 0. The minimum atomic E-state index is -4.17. The van der Waals surface area contributed by atoms with E-state index in [-0.39, 0.29) is 18.8 Å². The predicted molar refractivity (Wildman–Crippen MR) is 70.1 cm³/mol. The Bertz CT molecular complexity index is 524. The van der Waals surface area contributed by atoms with Gasteiger partial charge < -0.3 is 5.73 Å². The Morgan fingerprint density at radius 2 is 1.74 bits per heavy atom. The van der Waals surface area contributed by atoms with Gasteiger partial charge in [-0.2, -0.15) is 4.31 Å². The SMILES string of the molecule is CCCCN(CC)S(=O)(=O)c1c(F)cc(N)cc1F. The van der Waals surface area contributed by atoms with Gasteiger partial charge in [0.2, 0.25) is 10.0 Å². The van der Waals surface area contributed by atoms with Crippen molar-refractivity contribution in [1.29, 1.82) is 0 Å². The lowest BCUT2D eigenvalue weighted by molar-refractivity contribution is 0.409. The molecule has 0 unspecified atom stereocenters. The van der Waals surface area contributed by atoms with Crippen LogP contribution in [0.4, 0.5) is 14.5 Å². The molecule has 4 nitrogen and oxygen atoms in total. The smallest absolute Gasteiger partial charge is 0.248 e. The van der Waals surface area contributed by atoms with Crippen molar-refractivity contribution in [3.63, 3.8) is 0 Å². The van der Waals surface area contributed by atoms with Crippen LogP contribution in [-0.2, 0) is 10.0 Å². The summed E-state index contributed by atoms with van der Waals surface area (Å²) in [6.45, 7) is 3.93. The number of unbranched alkanes of at least 4 members (excludes halogenated alkanes) is 1. The molecule has 1 rings (SSSR count). The maximum atomic E-state index is 13.7. The fraction of sp³-hybridized carbons (Fsp3) is 0.500. The van der Waals surface area contributed by atoms with Crippen molar-refractivity contribution in [3.8, 4) is 0 Å². The van der Waals surface area contributed by atoms with Crippen LogP contribution in [-0.4, -0.2) is 25.8 Å². The highest BCUT2D eigenvalue weighted by molar-refractivity contribution is 7.89. The first-order valence-corrected chi connectivity index (χ1v) is 7.53. The monoisotopic (exact) mass is 292 g/mol. The van der Waals surface area contributed by atoms with Gasteiger partial charge in [-0.05, 0) is 18.6 Å². The second kappa shape index (κ2) is 6.29. The van der Waals surface area contributed by atoms with Crippen LogP contribution < -0.4 is 5.73 Å². The average molecular weight is 292 g/mol. The molecular formula is C12H18F2N2O2S. The van der Waals surface area contributed by atoms with Gasteiger partial charge in [0.05, 0.1) is 0 Å². The van der Waals surface area contributed by atoms with Crippen LogP contribution in [0.1, 0.15) is 26.7 Å². The second-order valence-electron chi connectivity index (χ2n) is 4.16. The maximum Gasteiger partial charge on any atom is 0.248 e. The van der Waals surface area contributed by atoms with Crippen LogP contribution in [0.15, 0.2) is 17.0 Å². The van der Waals surface area contributed by atoms with Gasteiger partial charge in [-0.15, -0.1) is 0 Å². The number of halogens is 2. The number of nitrogens with two attached hydrogens (primary N) is 1. The zero-order valence-electron chi connectivity index (χ0n) is 11.0. The molecule has 0 aliphatic carbocycles. The molecule has 0 fully saturated rings. The summed E-state index contributed by atoms with van der Waals surface area (Å²) < 4.78 is 52.9. The molecule has 0 radical (unpaired) electrons. The first kappa shape index (κ1) is 15.8. The summed E-state index contributed by atoms with van der Waals surface area (Å²) in [4.78, 5) is -0.931. The molecule has 7 heteroatoms. The van der Waals surface area contributed by atoms with Crippen LogP contribution >= 0.6 is 0 Å².